The molecule has 0 spiro atoms. The molecule has 6 heteroatoms. The van der Waals surface area contributed by atoms with E-state index >= 15 is 0 Å². The maximum Gasteiger partial charge on any atom is 0.289 e. The highest BCUT2D eigenvalue weighted by molar-refractivity contribution is 5.91. The zero-order chi connectivity index (χ0) is 17.9. The highest BCUT2D eigenvalue weighted by Crippen LogP contribution is 2.40. The van der Waals surface area contributed by atoms with Gasteiger partial charge in [0.25, 0.3) is 5.91 Å². The van der Waals surface area contributed by atoms with Crippen molar-refractivity contribution in [2.75, 3.05) is 26.9 Å². The molecule has 0 unspecified atom stereocenters. The second-order valence-corrected chi connectivity index (χ2v) is 6.61. The Morgan fingerprint density at radius 1 is 1.28 bits per heavy atom. The van der Waals surface area contributed by atoms with Crippen molar-refractivity contribution in [2.24, 2.45) is 0 Å². The zero-order valence-electron chi connectivity index (χ0n) is 14.9. The quantitative estimate of drug-likeness (QED) is 0.903. The third-order valence-electron chi connectivity index (χ3n) is 4.82. The molecule has 2 heterocycles. The molecule has 6 nitrogen and oxygen atoms in total. The summed E-state index contributed by atoms with van der Waals surface area (Å²) in [6, 6.07) is 7.81. The Morgan fingerprint density at radius 3 is 2.68 bits per heavy atom. The van der Waals surface area contributed by atoms with E-state index in [0.29, 0.717) is 25.5 Å². The van der Waals surface area contributed by atoms with Gasteiger partial charge in [0.1, 0.15) is 5.75 Å². The van der Waals surface area contributed by atoms with E-state index in [9.17, 15) is 4.79 Å². The van der Waals surface area contributed by atoms with Crippen LogP contribution in [0.1, 0.15) is 40.2 Å². The molecule has 0 aliphatic carbocycles. The van der Waals surface area contributed by atoms with E-state index in [1.54, 1.807) is 20.1 Å². The largest absolute Gasteiger partial charge is 0.496 e. The predicted octanol–water partition coefficient (Wildman–Crippen LogP) is 2.78. The van der Waals surface area contributed by atoms with Gasteiger partial charge in [0, 0.05) is 36.8 Å². The molecule has 1 aromatic heterocycles. The van der Waals surface area contributed by atoms with E-state index in [2.05, 4.69) is 23.5 Å². The average Bonchev–Trinajstić information content (AvgIpc) is 3.07. The summed E-state index contributed by atoms with van der Waals surface area (Å²) in [5.41, 5.74) is 2.75. The number of aromatic nitrogens is 1. The van der Waals surface area contributed by atoms with Gasteiger partial charge in [0.2, 0.25) is 5.76 Å². The Hall–Kier alpha value is -2.34. The molecule has 3 rings (SSSR count). The first-order chi connectivity index (χ1) is 12.0. The van der Waals surface area contributed by atoms with Gasteiger partial charge in [-0.1, -0.05) is 22.9 Å². The Kier molecular flexibility index (Phi) is 5.08. The fourth-order valence-corrected chi connectivity index (χ4v) is 3.35. The number of nitrogens with one attached hydrogen (secondary N) is 1. The van der Waals surface area contributed by atoms with Crippen LogP contribution >= 0.6 is 0 Å². The van der Waals surface area contributed by atoms with Crippen molar-refractivity contribution in [3.8, 4) is 5.75 Å². The Morgan fingerprint density at radius 2 is 2.04 bits per heavy atom. The summed E-state index contributed by atoms with van der Waals surface area (Å²) in [5.74, 6) is 0.825. The lowest BCUT2D eigenvalue weighted by atomic mass is 9.73. The summed E-state index contributed by atoms with van der Waals surface area (Å²) in [6.07, 6.45) is 1.64. The molecule has 1 amide bonds. The van der Waals surface area contributed by atoms with Gasteiger partial charge >= 0.3 is 0 Å². The Balaban J connectivity index is 1.86. The van der Waals surface area contributed by atoms with Crippen LogP contribution in [0.5, 0.6) is 5.75 Å². The molecule has 1 aliphatic heterocycles. The first-order valence-corrected chi connectivity index (χ1v) is 8.48. The van der Waals surface area contributed by atoms with E-state index in [1.807, 2.05) is 12.1 Å². The van der Waals surface area contributed by atoms with Crippen LogP contribution in [0.2, 0.25) is 0 Å². The van der Waals surface area contributed by atoms with Crippen LogP contribution in [-0.4, -0.2) is 37.9 Å². The van der Waals surface area contributed by atoms with Crippen LogP contribution in [0.15, 0.2) is 28.8 Å². The lowest BCUT2D eigenvalue weighted by molar-refractivity contribution is 0.0475. The lowest BCUT2D eigenvalue weighted by Gasteiger charge is -2.38. The van der Waals surface area contributed by atoms with Gasteiger partial charge in [-0.15, -0.1) is 0 Å². The molecular formula is C19H24N2O4. The summed E-state index contributed by atoms with van der Waals surface area (Å²) in [4.78, 5) is 12.4. The molecule has 1 saturated heterocycles. The number of carbonyl (C=O) groups excluding carboxylic acids is 1. The van der Waals surface area contributed by atoms with E-state index in [-0.39, 0.29) is 17.1 Å². The second kappa shape index (κ2) is 7.27. The monoisotopic (exact) mass is 344 g/mol. The smallest absolute Gasteiger partial charge is 0.289 e. The number of rotatable bonds is 5. The number of hydrogen-bond acceptors (Lipinski definition) is 5. The molecule has 134 valence electrons. The first kappa shape index (κ1) is 17.5. The summed E-state index contributed by atoms with van der Waals surface area (Å²) < 4.78 is 16.2. The minimum Gasteiger partial charge on any atom is -0.496 e. The third-order valence-corrected chi connectivity index (χ3v) is 4.82. The SMILES string of the molecule is COc1ccc(C)cc1C1(CNC(=O)c2cc(C)no2)CCOCC1. The first-order valence-electron chi connectivity index (χ1n) is 8.48. The van der Waals surface area contributed by atoms with Crippen molar-refractivity contribution in [1.29, 1.82) is 0 Å². The third kappa shape index (κ3) is 3.69. The topological polar surface area (TPSA) is 73.6 Å². The number of amides is 1. The maximum absolute atomic E-state index is 12.4. The number of benzene rings is 1. The van der Waals surface area contributed by atoms with Crippen molar-refractivity contribution in [1.82, 2.24) is 10.5 Å². The maximum atomic E-state index is 12.4. The molecule has 0 radical (unpaired) electrons. The standard InChI is InChI=1S/C19H24N2O4/c1-13-4-5-16(23-3)15(10-13)19(6-8-24-9-7-19)12-20-18(22)17-11-14(2)21-25-17/h4-5,10-11H,6-9,12H2,1-3H3,(H,20,22). The fourth-order valence-electron chi connectivity index (χ4n) is 3.35. The van der Waals surface area contributed by atoms with Gasteiger partial charge < -0.3 is 19.3 Å². The molecule has 1 aromatic carbocycles. The normalized spacial score (nSPS) is 16.4. The highest BCUT2D eigenvalue weighted by atomic mass is 16.5. The van der Waals surface area contributed by atoms with Crippen molar-refractivity contribution >= 4 is 5.91 Å². The number of hydrogen-bond donors (Lipinski definition) is 1. The van der Waals surface area contributed by atoms with E-state index in [1.165, 1.54) is 5.56 Å². The van der Waals surface area contributed by atoms with Crippen molar-refractivity contribution < 1.29 is 18.8 Å². The van der Waals surface area contributed by atoms with Crippen molar-refractivity contribution in [3.63, 3.8) is 0 Å². The minimum absolute atomic E-state index is 0.222. The second-order valence-electron chi connectivity index (χ2n) is 6.61. The lowest BCUT2D eigenvalue weighted by Crippen LogP contribution is -2.44. The fraction of sp³-hybridized carbons (Fsp3) is 0.474. The van der Waals surface area contributed by atoms with Crippen LogP contribution in [0, 0.1) is 13.8 Å². The number of aryl methyl sites for hydroxylation is 2. The van der Waals surface area contributed by atoms with Crippen molar-refractivity contribution in [2.45, 2.75) is 32.1 Å². The minimum atomic E-state index is -0.252. The van der Waals surface area contributed by atoms with Gasteiger partial charge in [-0.25, -0.2) is 0 Å². The molecule has 1 N–H and O–H groups in total. The van der Waals surface area contributed by atoms with Gasteiger partial charge in [-0.2, -0.15) is 0 Å². The molecule has 0 atom stereocenters. The van der Waals surface area contributed by atoms with E-state index in [0.717, 1.165) is 24.2 Å². The molecule has 0 bridgehead atoms. The summed E-state index contributed by atoms with van der Waals surface area (Å²) in [5, 5.41) is 6.78. The zero-order valence-corrected chi connectivity index (χ0v) is 14.9. The molecule has 0 saturated carbocycles. The van der Waals surface area contributed by atoms with Crippen LogP contribution in [-0.2, 0) is 10.2 Å². The number of carbonyl (C=O) groups is 1. The van der Waals surface area contributed by atoms with Crippen LogP contribution < -0.4 is 10.1 Å². The summed E-state index contributed by atoms with van der Waals surface area (Å²) in [6.45, 7) is 5.67. The van der Waals surface area contributed by atoms with Crippen LogP contribution in [0.4, 0.5) is 0 Å². The number of nitrogens with zero attached hydrogens (tertiary/aromatic N) is 1. The molecule has 2 aromatic rings. The van der Waals surface area contributed by atoms with Gasteiger partial charge in [0.05, 0.1) is 12.8 Å². The van der Waals surface area contributed by atoms with Gasteiger partial charge in [0.15, 0.2) is 0 Å². The predicted molar refractivity (Wildman–Crippen MR) is 93.0 cm³/mol. The number of methoxy groups -OCH3 is 1. The van der Waals surface area contributed by atoms with E-state index in [4.69, 9.17) is 14.0 Å². The average molecular weight is 344 g/mol. The van der Waals surface area contributed by atoms with Crippen molar-refractivity contribution in [3.05, 3.63) is 46.8 Å². The van der Waals surface area contributed by atoms with Crippen LogP contribution in [0.3, 0.4) is 0 Å². The van der Waals surface area contributed by atoms with Gasteiger partial charge in [-0.05, 0) is 32.8 Å². The summed E-state index contributed by atoms with van der Waals surface area (Å²) >= 11 is 0. The summed E-state index contributed by atoms with van der Waals surface area (Å²) in [7, 11) is 1.68. The highest BCUT2D eigenvalue weighted by Gasteiger charge is 2.37. The molecule has 1 aliphatic rings. The van der Waals surface area contributed by atoms with Crippen LogP contribution in [0.25, 0.3) is 0 Å². The van der Waals surface area contributed by atoms with E-state index < -0.39 is 0 Å². The molecular weight excluding hydrogens is 320 g/mol. The molecule has 1 fully saturated rings. The molecule has 25 heavy (non-hydrogen) atoms. The number of ether oxygens (including phenoxy) is 2. The Labute approximate surface area is 147 Å². The Bertz CT molecular complexity index is 748. The van der Waals surface area contributed by atoms with Gasteiger partial charge in [-0.3, -0.25) is 4.79 Å².